The molecule has 6 nitrogen and oxygen atoms in total. The minimum atomic E-state index is -0.820. The minimum Gasteiger partial charge on any atom is -0.462 e. The third kappa shape index (κ3) is 52.3. The molecule has 0 aliphatic heterocycles. The molecule has 0 aliphatic rings. The molecule has 0 aromatic carbocycles. The average molecular weight is 937 g/mol. The van der Waals surface area contributed by atoms with Crippen LogP contribution in [0.15, 0.2) is 146 Å². The highest BCUT2D eigenvalue weighted by Crippen LogP contribution is 2.13. The molecule has 0 aliphatic carbocycles. The van der Waals surface area contributed by atoms with Crippen LogP contribution in [0.2, 0.25) is 0 Å². The zero-order valence-electron chi connectivity index (χ0n) is 43.3. The van der Waals surface area contributed by atoms with Crippen LogP contribution in [-0.2, 0) is 28.6 Å². The van der Waals surface area contributed by atoms with E-state index < -0.39 is 6.10 Å². The largest absolute Gasteiger partial charge is 0.462 e. The number of allylic oxidation sites excluding steroid dienone is 24. The van der Waals surface area contributed by atoms with Gasteiger partial charge in [-0.1, -0.05) is 231 Å². The van der Waals surface area contributed by atoms with Crippen molar-refractivity contribution in [2.45, 2.75) is 213 Å². The first-order chi connectivity index (χ1) is 33.5. The molecule has 1 atom stereocenters. The number of ether oxygens (including phenoxy) is 3. The summed E-state index contributed by atoms with van der Waals surface area (Å²) in [7, 11) is 0. The molecule has 68 heavy (non-hydrogen) atoms. The molecule has 0 fully saturated rings. The third-order valence-corrected chi connectivity index (χ3v) is 10.7. The lowest BCUT2D eigenvalue weighted by Gasteiger charge is -2.18. The Bertz CT molecular complexity index is 1540. The Labute approximate surface area is 417 Å². The summed E-state index contributed by atoms with van der Waals surface area (Å²) in [5.74, 6) is -1.00. The Morgan fingerprint density at radius 3 is 1.09 bits per heavy atom. The van der Waals surface area contributed by atoms with E-state index in [0.717, 1.165) is 135 Å². The number of esters is 3. The van der Waals surface area contributed by atoms with E-state index in [1.54, 1.807) is 0 Å². The summed E-state index contributed by atoms with van der Waals surface area (Å²) >= 11 is 0. The maximum Gasteiger partial charge on any atom is 0.306 e. The third-order valence-electron chi connectivity index (χ3n) is 10.7. The predicted molar refractivity (Wildman–Crippen MR) is 292 cm³/mol. The van der Waals surface area contributed by atoms with E-state index in [0.29, 0.717) is 12.8 Å². The summed E-state index contributed by atoms with van der Waals surface area (Å²) in [5.41, 5.74) is 0. The fraction of sp³-hybridized carbons (Fsp3) is 0.565. The SMILES string of the molecule is CC/C=C/C=C/C=C/C=C/CCCCCC(=O)OCC(COC(=O)CCCCCCCC/C=C/C/C=C/C/C=C/C/C=C/CC)OC(=O)CCCCCCC/C=C/C=C/C=C/C=C/CCCCC. The second-order valence-electron chi connectivity index (χ2n) is 17.2. The first kappa shape index (κ1) is 63.3. The van der Waals surface area contributed by atoms with Crippen LogP contribution in [0.4, 0.5) is 0 Å². The second-order valence-corrected chi connectivity index (χ2v) is 17.2. The molecule has 380 valence electrons. The van der Waals surface area contributed by atoms with Crippen LogP contribution in [0.5, 0.6) is 0 Å². The topological polar surface area (TPSA) is 78.9 Å². The Hall–Kier alpha value is -4.71. The Morgan fingerprint density at radius 1 is 0.324 bits per heavy atom. The first-order valence-electron chi connectivity index (χ1n) is 26.9. The van der Waals surface area contributed by atoms with Gasteiger partial charge in [0, 0.05) is 19.3 Å². The lowest BCUT2D eigenvalue weighted by Crippen LogP contribution is -2.30. The molecule has 0 radical (unpaired) electrons. The molecule has 0 aromatic rings. The van der Waals surface area contributed by atoms with Gasteiger partial charge >= 0.3 is 17.9 Å². The van der Waals surface area contributed by atoms with Crippen LogP contribution in [0.3, 0.4) is 0 Å². The molecule has 0 spiro atoms. The van der Waals surface area contributed by atoms with E-state index in [2.05, 4.69) is 130 Å². The molecule has 0 rings (SSSR count). The monoisotopic (exact) mass is 937 g/mol. The van der Waals surface area contributed by atoms with Crippen molar-refractivity contribution in [3.63, 3.8) is 0 Å². The maximum absolute atomic E-state index is 12.8. The van der Waals surface area contributed by atoms with Crippen molar-refractivity contribution in [3.05, 3.63) is 146 Å². The summed E-state index contributed by atoms with van der Waals surface area (Å²) in [5, 5.41) is 0. The van der Waals surface area contributed by atoms with Gasteiger partial charge in [0.2, 0.25) is 0 Å². The van der Waals surface area contributed by atoms with E-state index in [4.69, 9.17) is 14.2 Å². The molecule has 1 unspecified atom stereocenters. The van der Waals surface area contributed by atoms with Crippen molar-refractivity contribution in [2.75, 3.05) is 13.2 Å². The predicted octanol–water partition coefficient (Wildman–Crippen LogP) is 18.0. The molecular formula is C62H96O6. The summed E-state index contributed by atoms with van der Waals surface area (Å²) < 4.78 is 16.8. The normalized spacial score (nSPS) is 13.3. The van der Waals surface area contributed by atoms with Gasteiger partial charge in [0.05, 0.1) is 0 Å². The van der Waals surface area contributed by atoms with E-state index in [9.17, 15) is 14.4 Å². The van der Waals surface area contributed by atoms with Gasteiger partial charge in [0.25, 0.3) is 0 Å². The number of rotatable bonds is 46. The zero-order chi connectivity index (χ0) is 49.3. The fourth-order valence-electron chi connectivity index (χ4n) is 6.75. The highest BCUT2D eigenvalue weighted by Gasteiger charge is 2.19. The van der Waals surface area contributed by atoms with Gasteiger partial charge in [-0.3, -0.25) is 14.4 Å². The maximum atomic E-state index is 12.8. The van der Waals surface area contributed by atoms with Gasteiger partial charge in [0.1, 0.15) is 13.2 Å². The van der Waals surface area contributed by atoms with Crippen LogP contribution in [0, 0.1) is 0 Å². The van der Waals surface area contributed by atoms with Crippen molar-refractivity contribution >= 4 is 17.9 Å². The van der Waals surface area contributed by atoms with Gasteiger partial charge in [-0.15, -0.1) is 0 Å². The van der Waals surface area contributed by atoms with Crippen LogP contribution < -0.4 is 0 Å². The average Bonchev–Trinajstić information content (AvgIpc) is 3.34. The molecule has 0 N–H and O–H groups in total. The lowest BCUT2D eigenvalue weighted by molar-refractivity contribution is -0.167. The highest BCUT2D eigenvalue weighted by atomic mass is 16.6. The molecule has 0 bridgehead atoms. The molecule has 0 saturated carbocycles. The molecule has 0 amide bonds. The van der Waals surface area contributed by atoms with Crippen LogP contribution in [0.25, 0.3) is 0 Å². The molecule has 6 heteroatoms. The molecule has 0 heterocycles. The Balaban J connectivity index is 4.54. The lowest BCUT2D eigenvalue weighted by atomic mass is 10.1. The van der Waals surface area contributed by atoms with Crippen molar-refractivity contribution in [3.8, 4) is 0 Å². The number of hydrogen-bond acceptors (Lipinski definition) is 6. The summed E-state index contributed by atoms with van der Waals surface area (Å²) in [6, 6.07) is 0. The van der Waals surface area contributed by atoms with Crippen LogP contribution in [0.1, 0.15) is 207 Å². The van der Waals surface area contributed by atoms with E-state index in [-0.39, 0.29) is 37.5 Å². The quantitative estimate of drug-likeness (QED) is 0.0199. The van der Waals surface area contributed by atoms with Crippen molar-refractivity contribution in [1.82, 2.24) is 0 Å². The number of hydrogen-bond donors (Lipinski definition) is 0. The van der Waals surface area contributed by atoms with Crippen molar-refractivity contribution < 1.29 is 28.6 Å². The van der Waals surface area contributed by atoms with Gasteiger partial charge in [-0.05, 0) is 103 Å². The van der Waals surface area contributed by atoms with E-state index in [1.165, 1.54) is 32.1 Å². The van der Waals surface area contributed by atoms with Crippen LogP contribution in [-0.4, -0.2) is 37.2 Å². The molecular weight excluding hydrogens is 841 g/mol. The van der Waals surface area contributed by atoms with Crippen LogP contribution >= 0.6 is 0 Å². The second kappa shape index (κ2) is 54.9. The van der Waals surface area contributed by atoms with E-state index in [1.807, 2.05) is 36.5 Å². The summed E-state index contributed by atoms with van der Waals surface area (Å²) in [6.07, 6.45) is 78.2. The Morgan fingerprint density at radius 2 is 0.647 bits per heavy atom. The minimum absolute atomic E-state index is 0.115. The summed E-state index contributed by atoms with van der Waals surface area (Å²) in [6.45, 7) is 6.26. The van der Waals surface area contributed by atoms with Crippen molar-refractivity contribution in [2.24, 2.45) is 0 Å². The molecule has 0 saturated heterocycles. The first-order valence-corrected chi connectivity index (χ1v) is 26.9. The molecule has 0 aromatic heterocycles. The smallest absolute Gasteiger partial charge is 0.306 e. The Kier molecular flexibility index (Phi) is 51.1. The fourth-order valence-corrected chi connectivity index (χ4v) is 6.75. The number of carbonyl (C=O) groups is 3. The van der Waals surface area contributed by atoms with E-state index >= 15 is 0 Å². The highest BCUT2D eigenvalue weighted by molar-refractivity contribution is 5.71. The van der Waals surface area contributed by atoms with Gasteiger partial charge in [-0.25, -0.2) is 0 Å². The number of carbonyl (C=O) groups excluding carboxylic acids is 3. The number of unbranched alkanes of at least 4 members (excludes halogenated alkanes) is 17. The standard InChI is InChI=1S/C62H96O6/c1-4-7-10-13-16-19-22-25-27-29-31-33-34-37-40-43-46-49-52-55-61(64)67-58-59(57-66-60(63)54-51-48-45-42-39-36-24-21-18-15-12-9-6-3)68-62(65)56-53-50-47-44-41-38-35-32-30-28-26-23-20-17-14-11-8-5-2/h7,9-10,12,15-21,23-28,30-33,35-36,39,59H,4-6,8,11,13-14,22,29,34,37-38,40-58H2,1-3H3/b10-7+,12-9+,18-15+,19-16+,20-17+,24-21+,26-23+,27-25+,30-28+,33-31+,35-32+,39-36+. The summed E-state index contributed by atoms with van der Waals surface area (Å²) in [4.78, 5) is 38.1. The van der Waals surface area contributed by atoms with Gasteiger partial charge in [0.15, 0.2) is 6.10 Å². The van der Waals surface area contributed by atoms with Gasteiger partial charge < -0.3 is 14.2 Å². The van der Waals surface area contributed by atoms with Crippen molar-refractivity contribution in [1.29, 1.82) is 0 Å². The van der Waals surface area contributed by atoms with Gasteiger partial charge in [-0.2, -0.15) is 0 Å². The zero-order valence-corrected chi connectivity index (χ0v) is 43.3.